The lowest BCUT2D eigenvalue weighted by atomic mass is 10.0. The molecule has 1 amide bonds. The fraction of sp³-hybridized carbons (Fsp3) is 0.350. The van der Waals surface area contributed by atoms with Crippen LogP contribution in [-0.4, -0.2) is 20.9 Å². The second kappa shape index (κ2) is 6.76. The van der Waals surface area contributed by atoms with Crippen molar-refractivity contribution < 1.29 is 13.2 Å². The molecule has 0 atom stereocenters. The molecule has 6 heteroatoms. The SMILES string of the molecule is CCN1C(=O)CCc2cc(NS(=O)(=O)c3cc(C)c(C)cc3C)ccc21. The van der Waals surface area contributed by atoms with Crippen LogP contribution in [0.1, 0.15) is 35.6 Å². The number of benzene rings is 2. The molecule has 0 spiro atoms. The summed E-state index contributed by atoms with van der Waals surface area (Å²) >= 11 is 0. The van der Waals surface area contributed by atoms with Crippen LogP contribution in [0.3, 0.4) is 0 Å². The van der Waals surface area contributed by atoms with E-state index in [1.54, 1.807) is 24.0 Å². The Morgan fingerprint density at radius 2 is 1.69 bits per heavy atom. The molecule has 0 aliphatic carbocycles. The molecule has 0 radical (unpaired) electrons. The molecular weight excluding hydrogens is 348 g/mol. The minimum atomic E-state index is -3.67. The third kappa shape index (κ3) is 3.33. The number of carbonyl (C=O) groups is 1. The quantitative estimate of drug-likeness (QED) is 0.890. The van der Waals surface area contributed by atoms with Crippen LogP contribution in [0.4, 0.5) is 11.4 Å². The summed E-state index contributed by atoms with van der Waals surface area (Å²) in [5, 5.41) is 0. The van der Waals surface area contributed by atoms with Crippen molar-refractivity contribution in [2.24, 2.45) is 0 Å². The summed E-state index contributed by atoms with van der Waals surface area (Å²) in [5.74, 6) is 0.110. The molecule has 0 saturated carbocycles. The molecule has 2 aromatic carbocycles. The predicted molar refractivity (Wildman–Crippen MR) is 104 cm³/mol. The Kier molecular flexibility index (Phi) is 4.80. The van der Waals surface area contributed by atoms with Crippen molar-refractivity contribution in [2.75, 3.05) is 16.2 Å². The number of hydrogen-bond acceptors (Lipinski definition) is 3. The predicted octanol–water partition coefficient (Wildman–Crippen LogP) is 3.71. The molecule has 1 aliphatic heterocycles. The molecule has 3 rings (SSSR count). The van der Waals surface area contributed by atoms with Gasteiger partial charge in [0.25, 0.3) is 10.0 Å². The molecule has 1 aliphatic rings. The van der Waals surface area contributed by atoms with E-state index in [-0.39, 0.29) is 5.91 Å². The number of nitrogens with one attached hydrogen (secondary N) is 1. The lowest BCUT2D eigenvalue weighted by molar-refractivity contribution is -0.118. The number of rotatable bonds is 4. The van der Waals surface area contributed by atoms with Gasteiger partial charge in [-0.1, -0.05) is 6.07 Å². The van der Waals surface area contributed by atoms with E-state index in [9.17, 15) is 13.2 Å². The van der Waals surface area contributed by atoms with Crippen LogP contribution in [0.15, 0.2) is 35.2 Å². The van der Waals surface area contributed by atoms with Gasteiger partial charge in [-0.3, -0.25) is 9.52 Å². The van der Waals surface area contributed by atoms with E-state index in [4.69, 9.17) is 0 Å². The molecule has 138 valence electrons. The van der Waals surface area contributed by atoms with Crippen molar-refractivity contribution in [1.82, 2.24) is 0 Å². The highest BCUT2D eigenvalue weighted by molar-refractivity contribution is 7.92. The standard InChI is InChI=1S/C20H24N2O3S/c1-5-22-18-8-7-17(12-16(18)6-9-20(22)23)21-26(24,25)19-11-14(3)13(2)10-15(19)4/h7-8,10-12,21H,5-6,9H2,1-4H3. The summed E-state index contributed by atoms with van der Waals surface area (Å²) in [6, 6.07) is 8.97. The first-order valence-electron chi connectivity index (χ1n) is 8.77. The minimum absolute atomic E-state index is 0.110. The van der Waals surface area contributed by atoms with Gasteiger partial charge in [0.15, 0.2) is 0 Å². The van der Waals surface area contributed by atoms with Gasteiger partial charge in [-0.15, -0.1) is 0 Å². The number of anilines is 2. The van der Waals surface area contributed by atoms with E-state index in [1.807, 2.05) is 39.0 Å². The number of fused-ring (bicyclic) bond motifs is 1. The van der Waals surface area contributed by atoms with Crippen LogP contribution in [0.2, 0.25) is 0 Å². The minimum Gasteiger partial charge on any atom is -0.312 e. The summed E-state index contributed by atoms with van der Waals surface area (Å²) in [6.45, 7) is 8.23. The molecule has 0 aromatic heterocycles. The second-order valence-corrected chi connectivity index (χ2v) is 8.44. The fourth-order valence-corrected chi connectivity index (χ4v) is 4.77. The average Bonchev–Trinajstić information content (AvgIpc) is 2.57. The first kappa shape index (κ1) is 18.5. The topological polar surface area (TPSA) is 66.5 Å². The number of amides is 1. The van der Waals surface area contributed by atoms with Gasteiger partial charge in [-0.05, 0) is 80.6 Å². The Balaban J connectivity index is 1.94. The number of sulfonamides is 1. The third-order valence-corrected chi connectivity index (χ3v) is 6.45. The molecule has 0 saturated heterocycles. The second-order valence-electron chi connectivity index (χ2n) is 6.79. The molecule has 0 unspecified atom stereocenters. The van der Waals surface area contributed by atoms with Crippen LogP contribution >= 0.6 is 0 Å². The molecule has 26 heavy (non-hydrogen) atoms. The smallest absolute Gasteiger partial charge is 0.262 e. The number of nitrogens with zero attached hydrogens (tertiary/aromatic N) is 1. The largest absolute Gasteiger partial charge is 0.312 e. The van der Waals surface area contributed by atoms with Crippen molar-refractivity contribution >= 4 is 27.3 Å². The molecular formula is C20H24N2O3S. The highest BCUT2D eigenvalue weighted by atomic mass is 32.2. The highest BCUT2D eigenvalue weighted by Gasteiger charge is 2.24. The van der Waals surface area contributed by atoms with Crippen LogP contribution in [0, 0.1) is 20.8 Å². The van der Waals surface area contributed by atoms with Gasteiger partial charge in [0.05, 0.1) is 4.90 Å². The Morgan fingerprint density at radius 1 is 1.00 bits per heavy atom. The zero-order valence-corrected chi connectivity index (χ0v) is 16.4. The molecule has 1 N–H and O–H groups in total. The van der Waals surface area contributed by atoms with E-state index in [2.05, 4.69) is 4.72 Å². The Labute approximate surface area is 155 Å². The Morgan fingerprint density at radius 3 is 2.38 bits per heavy atom. The van der Waals surface area contributed by atoms with E-state index in [0.717, 1.165) is 27.9 Å². The van der Waals surface area contributed by atoms with Crippen molar-refractivity contribution in [1.29, 1.82) is 0 Å². The van der Waals surface area contributed by atoms with Crippen LogP contribution in [0.5, 0.6) is 0 Å². The molecule has 2 aromatic rings. The third-order valence-electron chi connectivity index (χ3n) is 4.93. The van der Waals surface area contributed by atoms with E-state index in [0.29, 0.717) is 30.0 Å². The zero-order chi connectivity index (χ0) is 19.1. The normalized spacial score (nSPS) is 14.3. The van der Waals surface area contributed by atoms with E-state index >= 15 is 0 Å². The Bertz CT molecular complexity index is 981. The summed E-state index contributed by atoms with van der Waals surface area (Å²) in [7, 11) is -3.67. The zero-order valence-electron chi connectivity index (χ0n) is 15.6. The van der Waals surface area contributed by atoms with Crippen molar-refractivity contribution in [3.8, 4) is 0 Å². The van der Waals surface area contributed by atoms with Crippen LogP contribution in [0.25, 0.3) is 0 Å². The molecule has 1 heterocycles. The van der Waals surface area contributed by atoms with Crippen LogP contribution in [-0.2, 0) is 21.2 Å². The summed E-state index contributed by atoms with van der Waals surface area (Å²) in [4.78, 5) is 14.0. The lowest BCUT2D eigenvalue weighted by Gasteiger charge is -2.28. The van der Waals surface area contributed by atoms with Gasteiger partial charge in [0.1, 0.15) is 0 Å². The van der Waals surface area contributed by atoms with Crippen molar-refractivity contribution in [3.05, 3.63) is 52.6 Å². The van der Waals surface area contributed by atoms with E-state index < -0.39 is 10.0 Å². The van der Waals surface area contributed by atoms with Gasteiger partial charge >= 0.3 is 0 Å². The number of hydrogen-bond donors (Lipinski definition) is 1. The van der Waals surface area contributed by atoms with Crippen molar-refractivity contribution in [3.63, 3.8) is 0 Å². The summed E-state index contributed by atoms with van der Waals surface area (Å²) in [5.41, 5.74) is 5.11. The Hall–Kier alpha value is -2.34. The van der Waals surface area contributed by atoms with Gasteiger partial charge in [-0.2, -0.15) is 0 Å². The lowest BCUT2D eigenvalue weighted by Crippen LogP contribution is -2.34. The summed E-state index contributed by atoms with van der Waals surface area (Å²) < 4.78 is 28.4. The van der Waals surface area contributed by atoms with Gasteiger partial charge in [0.2, 0.25) is 5.91 Å². The van der Waals surface area contributed by atoms with Gasteiger partial charge in [0, 0.05) is 24.3 Å². The molecule has 0 bridgehead atoms. The molecule has 5 nitrogen and oxygen atoms in total. The maximum atomic E-state index is 12.9. The van der Waals surface area contributed by atoms with Crippen LogP contribution < -0.4 is 9.62 Å². The fourth-order valence-electron chi connectivity index (χ4n) is 3.40. The van der Waals surface area contributed by atoms with Crippen molar-refractivity contribution in [2.45, 2.75) is 45.4 Å². The first-order valence-corrected chi connectivity index (χ1v) is 10.2. The van der Waals surface area contributed by atoms with Gasteiger partial charge in [-0.25, -0.2) is 8.42 Å². The highest BCUT2D eigenvalue weighted by Crippen LogP contribution is 2.31. The first-order chi connectivity index (χ1) is 12.2. The number of carbonyl (C=O) groups excluding carboxylic acids is 1. The maximum absolute atomic E-state index is 12.9. The maximum Gasteiger partial charge on any atom is 0.262 e. The molecule has 0 fully saturated rings. The average molecular weight is 372 g/mol. The van der Waals surface area contributed by atoms with Gasteiger partial charge < -0.3 is 4.90 Å². The summed E-state index contributed by atoms with van der Waals surface area (Å²) in [6.07, 6.45) is 1.08. The monoisotopic (exact) mass is 372 g/mol. The van der Waals surface area contributed by atoms with E-state index in [1.165, 1.54) is 0 Å². The number of aryl methyl sites for hydroxylation is 4.